The molecule has 1 aromatic heterocycles. The summed E-state index contributed by atoms with van der Waals surface area (Å²) in [5, 5.41) is 12.8. The maximum Gasteiger partial charge on any atom is 0.327 e. The van der Waals surface area contributed by atoms with Gasteiger partial charge in [0, 0.05) is 23.0 Å². The molecule has 2 aromatic rings. The molecule has 2 heterocycles. The van der Waals surface area contributed by atoms with Gasteiger partial charge in [-0.2, -0.15) is 0 Å². The number of benzene rings is 1. The van der Waals surface area contributed by atoms with Gasteiger partial charge in [0.2, 0.25) is 0 Å². The van der Waals surface area contributed by atoms with Gasteiger partial charge >= 0.3 is 5.97 Å². The van der Waals surface area contributed by atoms with Crippen molar-refractivity contribution in [2.24, 2.45) is 0 Å². The van der Waals surface area contributed by atoms with Crippen molar-refractivity contribution < 1.29 is 14.6 Å². The van der Waals surface area contributed by atoms with Crippen molar-refractivity contribution in [3.63, 3.8) is 0 Å². The third-order valence-electron chi connectivity index (χ3n) is 3.85. The molecule has 1 aromatic carbocycles. The number of rotatable bonds is 3. The summed E-state index contributed by atoms with van der Waals surface area (Å²) in [6, 6.07) is 8.59. The number of aliphatic hydroxyl groups is 1. The fourth-order valence-corrected chi connectivity index (χ4v) is 3.97. The number of β-amino-alcohol motifs (C(OH)–C–C–N with tert-alkyl or cyclic N) is 1. The molecule has 4 nitrogen and oxygen atoms in total. The molecule has 0 amide bonds. The number of ether oxygens (including phenoxy) is 1. The summed E-state index contributed by atoms with van der Waals surface area (Å²) in [7, 11) is 1.36. The zero-order chi connectivity index (χ0) is 15.7. The number of halogens is 1. The van der Waals surface area contributed by atoms with Crippen LogP contribution < -0.4 is 0 Å². The predicted octanol–water partition coefficient (Wildman–Crippen LogP) is 3.16. The van der Waals surface area contributed by atoms with Crippen LogP contribution in [0.2, 0.25) is 5.02 Å². The third kappa shape index (κ3) is 2.77. The minimum atomic E-state index is -0.624. The van der Waals surface area contributed by atoms with Crippen LogP contribution in [0.25, 0.3) is 0 Å². The summed E-state index contributed by atoms with van der Waals surface area (Å²) in [4.78, 5) is 15.2. The van der Waals surface area contributed by atoms with Crippen molar-refractivity contribution >= 4 is 28.9 Å². The number of nitrogens with zero attached hydrogens (tertiary/aromatic N) is 1. The van der Waals surface area contributed by atoms with Crippen molar-refractivity contribution in [2.75, 3.05) is 13.7 Å². The lowest BCUT2D eigenvalue weighted by Gasteiger charge is -2.35. The van der Waals surface area contributed by atoms with Gasteiger partial charge in [0.25, 0.3) is 0 Å². The van der Waals surface area contributed by atoms with Gasteiger partial charge in [-0.25, -0.2) is 4.79 Å². The standard InChI is InChI=1S/C16H16ClNO3S/c1-21-16(20)14(11-4-2-3-5-12(11)17)18-8-10-6-7-22-15(10)13(19)9-18/h2-7,13-14,19H,8-9H2,1H3/t13?,14-/m1/s1. The van der Waals surface area contributed by atoms with Crippen LogP contribution in [0.5, 0.6) is 0 Å². The van der Waals surface area contributed by atoms with Gasteiger partial charge < -0.3 is 9.84 Å². The molecule has 1 aliphatic heterocycles. The average molecular weight is 338 g/mol. The summed E-state index contributed by atoms with van der Waals surface area (Å²) in [5.74, 6) is -0.376. The second-order valence-electron chi connectivity index (χ2n) is 5.20. The number of aliphatic hydroxyl groups excluding tert-OH is 1. The number of carbonyl (C=O) groups excluding carboxylic acids is 1. The zero-order valence-electron chi connectivity index (χ0n) is 12.0. The van der Waals surface area contributed by atoms with E-state index in [9.17, 15) is 9.90 Å². The molecule has 0 aliphatic carbocycles. The molecule has 6 heteroatoms. The van der Waals surface area contributed by atoms with Gasteiger partial charge in [-0.15, -0.1) is 11.3 Å². The minimum absolute atomic E-state index is 0.374. The monoisotopic (exact) mass is 337 g/mol. The van der Waals surface area contributed by atoms with Gasteiger partial charge in [0.15, 0.2) is 0 Å². The number of carbonyl (C=O) groups is 1. The summed E-state index contributed by atoms with van der Waals surface area (Å²) >= 11 is 7.80. The highest BCUT2D eigenvalue weighted by molar-refractivity contribution is 7.10. The van der Waals surface area contributed by atoms with Crippen LogP contribution in [-0.4, -0.2) is 29.6 Å². The fourth-order valence-electron chi connectivity index (χ4n) is 2.84. The fraction of sp³-hybridized carbons (Fsp3) is 0.312. The summed E-state index contributed by atoms with van der Waals surface area (Å²) in [5.41, 5.74) is 1.74. The molecular weight excluding hydrogens is 322 g/mol. The normalized spacial score (nSPS) is 19.5. The quantitative estimate of drug-likeness (QED) is 0.874. The zero-order valence-corrected chi connectivity index (χ0v) is 13.6. The Morgan fingerprint density at radius 3 is 2.95 bits per heavy atom. The Morgan fingerprint density at radius 2 is 2.23 bits per heavy atom. The number of thiophene rings is 1. The van der Waals surface area contributed by atoms with E-state index in [0.29, 0.717) is 23.7 Å². The Bertz CT molecular complexity index is 688. The molecule has 1 unspecified atom stereocenters. The van der Waals surface area contributed by atoms with Gasteiger partial charge in [-0.3, -0.25) is 4.90 Å². The van der Waals surface area contributed by atoms with Crippen molar-refractivity contribution in [3.8, 4) is 0 Å². The van der Waals surface area contributed by atoms with Gasteiger partial charge in [-0.05, 0) is 28.6 Å². The first kappa shape index (κ1) is 15.5. The highest BCUT2D eigenvalue weighted by Crippen LogP contribution is 2.37. The molecule has 2 atom stereocenters. The molecular formula is C16H16ClNO3S. The van der Waals surface area contributed by atoms with Crippen LogP contribution >= 0.6 is 22.9 Å². The summed E-state index contributed by atoms with van der Waals surface area (Å²) in [6.07, 6.45) is -0.599. The first-order valence-electron chi connectivity index (χ1n) is 6.92. The minimum Gasteiger partial charge on any atom is -0.468 e. The van der Waals surface area contributed by atoms with E-state index in [0.717, 1.165) is 10.4 Å². The van der Waals surface area contributed by atoms with E-state index in [1.165, 1.54) is 7.11 Å². The van der Waals surface area contributed by atoms with Crippen molar-refractivity contribution in [1.29, 1.82) is 0 Å². The second kappa shape index (κ2) is 6.38. The van der Waals surface area contributed by atoms with Gasteiger partial charge in [0.05, 0.1) is 7.11 Å². The van der Waals surface area contributed by atoms with E-state index >= 15 is 0 Å². The van der Waals surface area contributed by atoms with Gasteiger partial charge in [-0.1, -0.05) is 29.8 Å². The average Bonchev–Trinajstić information content (AvgIpc) is 2.98. The maximum absolute atomic E-state index is 12.3. The second-order valence-corrected chi connectivity index (χ2v) is 6.56. The van der Waals surface area contributed by atoms with Crippen LogP contribution in [0, 0.1) is 0 Å². The first-order valence-corrected chi connectivity index (χ1v) is 8.18. The topological polar surface area (TPSA) is 49.8 Å². The van der Waals surface area contributed by atoms with E-state index in [4.69, 9.17) is 16.3 Å². The predicted molar refractivity (Wildman–Crippen MR) is 85.9 cm³/mol. The highest BCUT2D eigenvalue weighted by atomic mass is 35.5. The van der Waals surface area contributed by atoms with E-state index in [1.807, 2.05) is 34.5 Å². The van der Waals surface area contributed by atoms with Gasteiger partial charge in [0.1, 0.15) is 12.1 Å². The van der Waals surface area contributed by atoms with E-state index in [1.54, 1.807) is 17.4 Å². The number of fused-ring (bicyclic) bond motifs is 1. The van der Waals surface area contributed by atoms with Crippen LogP contribution in [0.1, 0.15) is 28.1 Å². The Hall–Kier alpha value is -1.40. The SMILES string of the molecule is COC(=O)[C@@H](c1ccccc1Cl)N1Cc2ccsc2C(O)C1. The molecule has 3 rings (SSSR count). The number of hydrogen-bond donors (Lipinski definition) is 1. The molecule has 22 heavy (non-hydrogen) atoms. The molecule has 0 radical (unpaired) electrons. The van der Waals surface area contributed by atoms with Crippen LogP contribution in [0.4, 0.5) is 0 Å². The Labute approximate surface area is 137 Å². The molecule has 1 N–H and O–H groups in total. The van der Waals surface area contributed by atoms with Crippen molar-refractivity contribution in [2.45, 2.75) is 18.7 Å². The Kier molecular flexibility index (Phi) is 4.49. The molecule has 0 spiro atoms. The molecule has 1 aliphatic rings. The van der Waals surface area contributed by atoms with Crippen LogP contribution in [-0.2, 0) is 16.1 Å². The molecule has 0 saturated heterocycles. The van der Waals surface area contributed by atoms with Crippen molar-refractivity contribution in [1.82, 2.24) is 4.90 Å². The highest BCUT2D eigenvalue weighted by Gasteiger charge is 2.35. The number of methoxy groups -OCH3 is 1. The Morgan fingerprint density at radius 1 is 1.45 bits per heavy atom. The lowest BCUT2D eigenvalue weighted by atomic mass is 10.00. The maximum atomic E-state index is 12.3. The van der Waals surface area contributed by atoms with Crippen molar-refractivity contribution in [3.05, 3.63) is 56.7 Å². The van der Waals surface area contributed by atoms with E-state index in [-0.39, 0.29) is 5.97 Å². The molecule has 0 saturated carbocycles. The molecule has 116 valence electrons. The lowest BCUT2D eigenvalue weighted by Crippen LogP contribution is -2.40. The summed E-state index contributed by atoms with van der Waals surface area (Å²) in [6.45, 7) is 0.958. The largest absolute Gasteiger partial charge is 0.468 e. The third-order valence-corrected chi connectivity index (χ3v) is 5.26. The molecule has 0 bridgehead atoms. The number of esters is 1. The van der Waals surface area contributed by atoms with Crippen LogP contribution in [0.15, 0.2) is 35.7 Å². The van der Waals surface area contributed by atoms with Crippen LogP contribution in [0.3, 0.4) is 0 Å². The Balaban J connectivity index is 1.98. The van der Waals surface area contributed by atoms with E-state index < -0.39 is 12.1 Å². The lowest BCUT2D eigenvalue weighted by molar-refractivity contribution is -0.148. The smallest absolute Gasteiger partial charge is 0.327 e. The summed E-state index contributed by atoms with van der Waals surface area (Å²) < 4.78 is 4.96. The first-order chi connectivity index (χ1) is 10.6. The number of hydrogen-bond acceptors (Lipinski definition) is 5. The van der Waals surface area contributed by atoms with E-state index in [2.05, 4.69) is 0 Å². The molecule has 0 fully saturated rings.